The summed E-state index contributed by atoms with van der Waals surface area (Å²) in [5.74, 6) is -2.89. The van der Waals surface area contributed by atoms with Gasteiger partial charge in [-0.25, -0.2) is 0 Å². The highest BCUT2D eigenvalue weighted by Crippen LogP contribution is 2.57. The van der Waals surface area contributed by atoms with Crippen LogP contribution in [0.3, 0.4) is 0 Å². The van der Waals surface area contributed by atoms with Crippen molar-refractivity contribution in [3.05, 3.63) is 35.9 Å². The molecular weight excluding hydrogens is 352 g/mol. The van der Waals surface area contributed by atoms with Crippen molar-refractivity contribution in [2.24, 2.45) is 16.7 Å². The van der Waals surface area contributed by atoms with E-state index in [1.165, 1.54) is 21.3 Å². The predicted molar refractivity (Wildman–Crippen MR) is 94.7 cm³/mol. The van der Waals surface area contributed by atoms with E-state index < -0.39 is 34.7 Å². The first-order chi connectivity index (χ1) is 12.7. The van der Waals surface area contributed by atoms with Crippen molar-refractivity contribution in [2.45, 2.75) is 26.2 Å². The summed E-state index contributed by atoms with van der Waals surface area (Å²) in [6, 6.07) is 8.58. The van der Waals surface area contributed by atoms with Crippen LogP contribution in [0.25, 0.3) is 0 Å². The van der Waals surface area contributed by atoms with E-state index in [1.54, 1.807) is 37.3 Å². The van der Waals surface area contributed by atoms with Gasteiger partial charge in [0.05, 0.1) is 21.3 Å². The van der Waals surface area contributed by atoms with Gasteiger partial charge in [-0.2, -0.15) is 0 Å². The highest BCUT2D eigenvalue weighted by atomic mass is 16.5. The number of ether oxygens (including phenoxy) is 3. The van der Waals surface area contributed by atoms with Crippen LogP contribution in [0.1, 0.15) is 36.5 Å². The fourth-order valence-corrected chi connectivity index (χ4v) is 4.04. The van der Waals surface area contributed by atoms with Crippen molar-refractivity contribution in [1.82, 2.24) is 0 Å². The lowest BCUT2D eigenvalue weighted by molar-refractivity contribution is -0.169. The smallest absolute Gasteiger partial charge is 0.323 e. The molecule has 0 bridgehead atoms. The highest BCUT2D eigenvalue weighted by Gasteiger charge is 2.64. The number of Topliss-reactive ketones (excluding diaryl/α,β-unsaturated/α-hetero) is 1. The van der Waals surface area contributed by atoms with Gasteiger partial charge < -0.3 is 14.2 Å². The Kier molecular flexibility index (Phi) is 6.03. The molecule has 0 aliphatic heterocycles. The van der Waals surface area contributed by atoms with Crippen LogP contribution in [-0.2, 0) is 28.6 Å². The molecule has 2 atom stereocenters. The zero-order chi connectivity index (χ0) is 20.2. The molecule has 1 aromatic rings. The minimum absolute atomic E-state index is 0.0312. The number of hydrogen-bond acceptors (Lipinski definition) is 7. The maximum atomic E-state index is 13.3. The average Bonchev–Trinajstić information content (AvgIpc) is 3.01. The van der Waals surface area contributed by atoms with E-state index >= 15 is 0 Å². The molecular formula is C20H24O7. The van der Waals surface area contributed by atoms with Gasteiger partial charge in [-0.1, -0.05) is 37.3 Å². The summed E-state index contributed by atoms with van der Waals surface area (Å²) < 4.78 is 14.5. The lowest BCUT2D eigenvalue weighted by atomic mass is 9.72. The van der Waals surface area contributed by atoms with E-state index in [-0.39, 0.29) is 25.0 Å². The zero-order valence-corrected chi connectivity index (χ0v) is 15.9. The van der Waals surface area contributed by atoms with Gasteiger partial charge in [-0.05, 0) is 18.8 Å². The third-order valence-electron chi connectivity index (χ3n) is 5.51. The molecule has 7 heteroatoms. The molecule has 1 aromatic carbocycles. The molecule has 0 amide bonds. The minimum atomic E-state index is -1.64. The van der Waals surface area contributed by atoms with Crippen molar-refractivity contribution in [2.75, 3.05) is 21.3 Å². The van der Waals surface area contributed by atoms with Crippen LogP contribution >= 0.6 is 0 Å². The summed E-state index contributed by atoms with van der Waals surface area (Å²) in [6.45, 7) is 1.67. The number of hydrogen-bond donors (Lipinski definition) is 0. The SMILES string of the molecule is COC(=O)CC1CC(C(=O)OC)(C(=O)OC)CC1(C)C(=O)c1ccccc1. The van der Waals surface area contributed by atoms with E-state index in [2.05, 4.69) is 0 Å². The minimum Gasteiger partial charge on any atom is -0.469 e. The molecule has 1 aliphatic rings. The third kappa shape index (κ3) is 3.59. The van der Waals surface area contributed by atoms with E-state index in [0.29, 0.717) is 5.56 Å². The Morgan fingerprint density at radius 3 is 2.00 bits per heavy atom. The average molecular weight is 376 g/mol. The Bertz CT molecular complexity index is 724. The van der Waals surface area contributed by atoms with Gasteiger partial charge in [-0.3, -0.25) is 19.2 Å². The molecule has 0 saturated heterocycles. The van der Waals surface area contributed by atoms with Crippen LogP contribution in [-0.4, -0.2) is 45.0 Å². The van der Waals surface area contributed by atoms with Crippen molar-refractivity contribution in [3.8, 4) is 0 Å². The first kappa shape index (κ1) is 20.6. The Balaban J connectivity index is 2.54. The molecule has 0 heterocycles. The van der Waals surface area contributed by atoms with Crippen LogP contribution in [0, 0.1) is 16.7 Å². The Labute approximate surface area is 158 Å². The maximum Gasteiger partial charge on any atom is 0.323 e. The topological polar surface area (TPSA) is 96.0 Å². The summed E-state index contributed by atoms with van der Waals surface area (Å²) in [6.07, 6.45) is -0.230. The van der Waals surface area contributed by atoms with Crippen LogP contribution in [0.2, 0.25) is 0 Å². The lowest BCUT2D eigenvalue weighted by Gasteiger charge is -2.30. The van der Waals surface area contributed by atoms with Crippen LogP contribution in [0.15, 0.2) is 30.3 Å². The maximum absolute atomic E-state index is 13.3. The largest absolute Gasteiger partial charge is 0.469 e. The fourth-order valence-electron chi connectivity index (χ4n) is 4.04. The molecule has 7 nitrogen and oxygen atoms in total. The van der Waals surface area contributed by atoms with Gasteiger partial charge >= 0.3 is 17.9 Å². The van der Waals surface area contributed by atoms with Crippen molar-refractivity contribution >= 4 is 23.7 Å². The van der Waals surface area contributed by atoms with Crippen LogP contribution in [0.4, 0.5) is 0 Å². The Hall–Kier alpha value is -2.70. The van der Waals surface area contributed by atoms with Gasteiger partial charge in [0.15, 0.2) is 11.2 Å². The normalized spacial score (nSPS) is 23.3. The number of carbonyl (C=O) groups is 4. The number of ketones is 1. The van der Waals surface area contributed by atoms with E-state index in [9.17, 15) is 19.2 Å². The second-order valence-electron chi connectivity index (χ2n) is 7.04. The standard InChI is InChI=1S/C20H24O7/c1-19(16(22)13-8-6-5-7-9-13)12-20(17(23)26-3,18(24)27-4)11-14(19)10-15(21)25-2/h5-9,14H,10-12H2,1-4H3. The first-order valence-corrected chi connectivity index (χ1v) is 8.58. The Morgan fingerprint density at radius 1 is 0.963 bits per heavy atom. The number of rotatable bonds is 6. The van der Waals surface area contributed by atoms with E-state index in [4.69, 9.17) is 14.2 Å². The molecule has 1 aliphatic carbocycles. The monoisotopic (exact) mass is 376 g/mol. The van der Waals surface area contributed by atoms with Gasteiger partial charge in [0.1, 0.15) is 0 Å². The fraction of sp³-hybridized carbons (Fsp3) is 0.500. The molecule has 1 fully saturated rings. The van der Waals surface area contributed by atoms with E-state index in [1.807, 2.05) is 0 Å². The highest BCUT2D eigenvalue weighted by molar-refractivity contribution is 6.05. The molecule has 2 rings (SSSR count). The molecule has 0 N–H and O–H groups in total. The number of benzene rings is 1. The quantitative estimate of drug-likeness (QED) is 0.325. The van der Waals surface area contributed by atoms with Gasteiger partial charge in [0.25, 0.3) is 0 Å². The predicted octanol–water partition coefficient (Wildman–Crippen LogP) is 2.18. The molecule has 2 unspecified atom stereocenters. The second-order valence-corrected chi connectivity index (χ2v) is 7.04. The summed E-state index contributed by atoms with van der Waals surface area (Å²) >= 11 is 0. The summed E-state index contributed by atoms with van der Waals surface area (Å²) in [5, 5.41) is 0. The number of methoxy groups -OCH3 is 3. The number of carbonyl (C=O) groups excluding carboxylic acids is 4. The van der Waals surface area contributed by atoms with Gasteiger partial charge in [0, 0.05) is 17.4 Å². The van der Waals surface area contributed by atoms with Crippen molar-refractivity contribution < 1.29 is 33.4 Å². The third-order valence-corrected chi connectivity index (χ3v) is 5.51. The molecule has 0 aromatic heterocycles. The van der Waals surface area contributed by atoms with E-state index in [0.717, 1.165) is 0 Å². The summed E-state index contributed by atoms with van der Waals surface area (Å²) in [4.78, 5) is 50.3. The molecule has 0 radical (unpaired) electrons. The summed E-state index contributed by atoms with van der Waals surface area (Å²) in [7, 11) is 3.61. The Morgan fingerprint density at radius 2 is 1.52 bits per heavy atom. The molecule has 1 saturated carbocycles. The van der Waals surface area contributed by atoms with Crippen molar-refractivity contribution in [3.63, 3.8) is 0 Å². The van der Waals surface area contributed by atoms with Crippen LogP contribution < -0.4 is 0 Å². The zero-order valence-electron chi connectivity index (χ0n) is 15.9. The van der Waals surface area contributed by atoms with Gasteiger partial charge in [0.2, 0.25) is 0 Å². The van der Waals surface area contributed by atoms with Gasteiger partial charge in [-0.15, -0.1) is 0 Å². The summed E-state index contributed by atoms with van der Waals surface area (Å²) in [5.41, 5.74) is -2.33. The first-order valence-electron chi connectivity index (χ1n) is 8.58. The lowest BCUT2D eigenvalue weighted by Crippen LogP contribution is -2.41. The molecule has 0 spiro atoms. The van der Waals surface area contributed by atoms with Crippen LogP contribution in [0.5, 0.6) is 0 Å². The second kappa shape index (κ2) is 7.90. The number of esters is 3. The van der Waals surface area contributed by atoms with Crippen molar-refractivity contribution in [1.29, 1.82) is 0 Å². The molecule has 146 valence electrons. The molecule has 27 heavy (non-hydrogen) atoms.